The highest BCUT2D eigenvalue weighted by molar-refractivity contribution is 9.10. The van der Waals surface area contributed by atoms with Crippen molar-refractivity contribution < 1.29 is 9.53 Å². The summed E-state index contributed by atoms with van der Waals surface area (Å²) in [6, 6.07) is 7.87. The third kappa shape index (κ3) is 5.89. The van der Waals surface area contributed by atoms with Crippen molar-refractivity contribution in [2.24, 2.45) is 5.92 Å². The van der Waals surface area contributed by atoms with Crippen LogP contribution in [0, 0.1) is 5.92 Å². The minimum absolute atomic E-state index is 0.170. The van der Waals surface area contributed by atoms with Crippen molar-refractivity contribution in [1.29, 1.82) is 0 Å². The molecule has 0 saturated carbocycles. The molecule has 2 aromatic heterocycles. The van der Waals surface area contributed by atoms with Crippen molar-refractivity contribution in [1.82, 2.24) is 24.8 Å². The molecule has 1 saturated heterocycles. The summed E-state index contributed by atoms with van der Waals surface area (Å²) in [6.07, 6.45) is 6.40. The molecule has 9 nitrogen and oxygen atoms in total. The number of ether oxygens (including phenoxy) is 1. The van der Waals surface area contributed by atoms with Crippen molar-refractivity contribution in [3.05, 3.63) is 41.3 Å². The lowest BCUT2D eigenvalue weighted by molar-refractivity contribution is -0.142. The van der Waals surface area contributed by atoms with Crippen LogP contribution in [0.25, 0.3) is 11.0 Å². The number of likely N-dealkylation sites (tertiary alicyclic amines) is 1. The average Bonchev–Trinajstić information content (AvgIpc) is 2.80. The summed E-state index contributed by atoms with van der Waals surface area (Å²) in [7, 11) is 1.43. The van der Waals surface area contributed by atoms with E-state index in [4.69, 9.17) is 4.74 Å². The molecule has 10 heteroatoms. The molecule has 168 valence electrons. The van der Waals surface area contributed by atoms with Gasteiger partial charge in [0.1, 0.15) is 17.4 Å². The van der Waals surface area contributed by atoms with Gasteiger partial charge in [0.25, 0.3) is 0 Å². The van der Waals surface area contributed by atoms with Crippen molar-refractivity contribution in [2.45, 2.75) is 19.3 Å². The monoisotopic (exact) mass is 499 g/mol. The first-order valence-corrected chi connectivity index (χ1v) is 11.4. The van der Waals surface area contributed by atoms with Gasteiger partial charge < -0.3 is 15.4 Å². The lowest BCUT2D eigenvalue weighted by Gasteiger charge is -2.31. The maximum atomic E-state index is 11.4. The minimum atomic E-state index is -0.170. The first-order valence-electron chi connectivity index (χ1n) is 10.6. The number of benzene rings is 1. The van der Waals surface area contributed by atoms with Crippen LogP contribution < -0.4 is 10.6 Å². The molecule has 0 radical (unpaired) electrons. The summed E-state index contributed by atoms with van der Waals surface area (Å²) in [4.78, 5) is 31.3. The third-order valence-electron chi connectivity index (χ3n) is 5.59. The third-order valence-corrected chi connectivity index (χ3v) is 6.08. The largest absolute Gasteiger partial charge is 0.468 e. The number of methoxy groups -OCH3 is 1. The highest BCUT2D eigenvalue weighted by atomic mass is 79.9. The molecule has 0 aliphatic carbocycles. The molecule has 3 aromatic rings. The summed E-state index contributed by atoms with van der Waals surface area (Å²) >= 11 is 3.48. The van der Waals surface area contributed by atoms with Crippen LogP contribution in [0.4, 0.5) is 17.5 Å². The topological polar surface area (TPSA) is 105 Å². The number of halogens is 1. The van der Waals surface area contributed by atoms with Gasteiger partial charge in [-0.05, 0) is 56.5 Å². The van der Waals surface area contributed by atoms with Crippen LogP contribution in [0.15, 0.2) is 41.3 Å². The van der Waals surface area contributed by atoms with Crippen LogP contribution in [0.1, 0.15) is 19.3 Å². The van der Waals surface area contributed by atoms with Gasteiger partial charge in [-0.1, -0.05) is 22.0 Å². The fourth-order valence-electron chi connectivity index (χ4n) is 3.80. The Morgan fingerprint density at radius 1 is 1.25 bits per heavy atom. The van der Waals surface area contributed by atoms with Crippen molar-refractivity contribution >= 4 is 50.4 Å². The Balaban J connectivity index is 1.33. The number of carbonyl (C=O) groups is 1. The zero-order valence-corrected chi connectivity index (χ0v) is 19.5. The lowest BCUT2D eigenvalue weighted by atomic mass is 9.93. The van der Waals surface area contributed by atoms with E-state index >= 15 is 0 Å². The second-order valence-electron chi connectivity index (χ2n) is 7.80. The fraction of sp³-hybridized carbons (Fsp3) is 0.409. The predicted molar refractivity (Wildman–Crippen MR) is 127 cm³/mol. The maximum Gasteiger partial charge on any atom is 0.319 e. The molecule has 1 aliphatic heterocycles. The maximum absolute atomic E-state index is 11.4. The number of fused-ring (bicyclic) bond motifs is 1. The Labute approximate surface area is 195 Å². The number of piperidine rings is 1. The van der Waals surface area contributed by atoms with Crippen molar-refractivity contribution in [3.8, 4) is 0 Å². The standard InChI is InChI=1S/C22H26BrN7O2/c1-32-19(31)13-30-9-6-15(7-10-30)5-8-24-22-25-12-18-20(29-22)21(27-14-26-18)28-17-4-2-3-16(23)11-17/h2-4,11-12,14-15H,5-10,13H2,1H3,(H,24,25,29)(H,26,27,28). The van der Waals surface area contributed by atoms with Crippen LogP contribution in [0.5, 0.6) is 0 Å². The Bertz CT molecular complexity index is 1070. The molecule has 4 rings (SSSR count). The van der Waals surface area contributed by atoms with Crippen molar-refractivity contribution in [2.75, 3.05) is 43.9 Å². The van der Waals surface area contributed by atoms with Gasteiger partial charge in [-0.15, -0.1) is 0 Å². The van der Waals surface area contributed by atoms with Crippen LogP contribution in [-0.4, -0.2) is 64.1 Å². The molecule has 0 amide bonds. The summed E-state index contributed by atoms with van der Waals surface area (Å²) in [5.74, 6) is 1.65. The Morgan fingerprint density at radius 2 is 2.09 bits per heavy atom. The number of nitrogens with one attached hydrogen (secondary N) is 2. The normalized spacial score (nSPS) is 14.9. The predicted octanol–water partition coefficient (Wildman–Crippen LogP) is 3.61. The average molecular weight is 500 g/mol. The van der Waals surface area contributed by atoms with Gasteiger partial charge in [0, 0.05) is 16.7 Å². The molecular weight excluding hydrogens is 474 g/mol. The van der Waals surface area contributed by atoms with Crippen LogP contribution >= 0.6 is 15.9 Å². The Hall–Kier alpha value is -2.85. The Kier molecular flexibility index (Phi) is 7.43. The first-order chi connectivity index (χ1) is 15.6. The van der Waals surface area contributed by atoms with Gasteiger partial charge in [0.15, 0.2) is 5.82 Å². The molecule has 1 fully saturated rings. The van der Waals surface area contributed by atoms with Gasteiger partial charge in [-0.3, -0.25) is 9.69 Å². The molecule has 0 bridgehead atoms. The zero-order chi connectivity index (χ0) is 22.3. The number of nitrogens with zero attached hydrogens (tertiary/aromatic N) is 5. The van der Waals surface area contributed by atoms with E-state index < -0.39 is 0 Å². The number of rotatable bonds is 8. The highest BCUT2D eigenvalue weighted by Gasteiger charge is 2.21. The summed E-state index contributed by atoms with van der Waals surface area (Å²) in [5.41, 5.74) is 2.26. The van der Waals surface area contributed by atoms with Gasteiger partial charge in [-0.2, -0.15) is 0 Å². The number of hydrogen-bond donors (Lipinski definition) is 2. The van der Waals surface area contributed by atoms with Gasteiger partial charge in [0.05, 0.1) is 19.9 Å². The van der Waals surface area contributed by atoms with Gasteiger partial charge in [-0.25, -0.2) is 19.9 Å². The van der Waals surface area contributed by atoms with Crippen LogP contribution in [-0.2, 0) is 9.53 Å². The molecule has 3 heterocycles. The van der Waals surface area contributed by atoms with E-state index in [-0.39, 0.29) is 5.97 Å². The fourth-order valence-corrected chi connectivity index (χ4v) is 4.20. The van der Waals surface area contributed by atoms with E-state index in [1.165, 1.54) is 13.4 Å². The second-order valence-corrected chi connectivity index (χ2v) is 8.71. The molecule has 1 aliphatic rings. The number of carbonyl (C=O) groups excluding carboxylic acids is 1. The molecule has 1 aromatic carbocycles. The zero-order valence-electron chi connectivity index (χ0n) is 17.9. The van der Waals surface area contributed by atoms with E-state index in [1.807, 2.05) is 24.3 Å². The molecule has 0 atom stereocenters. The van der Waals surface area contributed by atoms with E-state index in [2.05, 4.69) is 51.4 Å². The van der Waals surface area contributed by atoms with E-state index in [1.54, 1.807) is 6.20 Å². The number of hydrogen-bond acceptors (Lipinski definition) is 9. The van der Waals surface area contributed by atoms with Crippen molar-refractivity contribution in [3.63, 3.8) is 0 Å². The molecule has 32 heavy (non-hydrogen) atoms. The molecule has 2 N–H and O–H groups in total. The summed E-state index contributed by atoms with van der Waals surface area (Å²) in [6.45, 7) is 3.02. The van der Waals surface area contributed by atoms with E-state index in [0.717, 1.165) is 49.1 Å². The Morgan fingerprint density at radius 3 is 2.88 bits per heavy atom. The molecule has 0 unspecified atom stereocenters. The number of aromatic nitrogens is 4. The summed E-state index contributed by atoms with van der Waals surface area (Å²) in [5, 5.41) is 6.64. The smallest absolute Gasteiger partial charge is 0.319 e. The van der Waals surface area contributed by atoms with Crippen LogP contribution in [0.3, 0.4) is 0 Å². The van der Waals surface area contributed by atoms with Gasteiger partial charge in [0.2, 0.25) is 5.95 Å². The van der Waals surface area contributed by atoms with E-state index in [9.17, 15) is 4.79 Å². The SMILES string of the molecule is COC(=O)CN1CCC(CCNc2ncc3ncnc(Nc4cccc(Br)c4)c3n2)CC1. The lowest BCUT2D eigenvalue weighted by Crippen LogP contribution is -2.38. The second kappa shape index (κ2) is 10.6. The quantitative estimate of drug-likeness (QED) is 0.449. The summed E-state index contributed by atoms with van der Waals surface area (Å²) < 4.78 is 5.73. The molecular formula is C22H26BrN7O2. The minimum Gasteiger partial charge on any atom is -0.468 e. The number of anilines is 3. The highest BCUT2D eigenvalue weighted by Crippen LogP contribution is 2.24. The van der Waals surface area contributed by atoms with Crippen LogP contribution in [0.2, 0.25) is 0 Å². The first kappa shape index (κ1) is 22.3. The molecule has 0 spiro atoms. The van der Waals surface area contributed by atoms with E-state index in [0.29, 0.717) is 35.3 Å². The van der Waals surface area contributed by atoms with Gasteiger partial charge >= 0.3 is 5.97 Å². The number of esters is 1.